The topological polar surface area (TPSA) is 95.2 Å². The largest absolute Gasteiger partial charge is 0.508 e. The van der Waals surface area contributed by atoms with Crippen LogP contribution in [0.2, 0.25) is 0 Å². The van der Waals surface area contributed by atoms with Gasteiger partial charge >= 0.3 is 5.97 Å². The first-order valence-corrected chi connectivity index (χ1v) is 13.0. The average molecular weight is 535 g/mol. The van der Waals surface area contributed by atoms with Crippen molar-refractivity contribution in [1.82, 2.24) is 0 Å². The Kier molecular flexibility index (Phi) is 6.70. The lowest BCUT2D eigenvalue weighted by Gasteiger charge is -2.27. The predicted molar refractivity (Wildman–Crippen MR) is 150 cm³/mol. The molecule has 0 saturated heterocycles. The van der Waals surface area contributed by atoms with E-state index in [4.69, 9.17) is 18.6 Å². The number of carbonyl (C=O) groups excluding carboxylic acids is 1. The second-order valence-electron chi connectivity index (χ2n) is 9.57. The molecular formula is C33H26O7. The molecule has 1 N–H and O–H groups in total. The van der Waals surface area contributed by atoms with Gasteiger partial charge in [0, 0.05) is 23.5 Å². The van der Waals surface area contributed by atoms with Crippen molar-refractivity contribution in [1.29, 1.82) is 0 Å². The fourth-order valence-electron chi connectivity index (χ4n) is 5.20. The number of fused-ring (bicyclic) bond motifs is 3. The van der Waals surface area contributed by atoms with Crippen LogP contribution in [0, 0.1) is 0 Å². The van der Waals surface area contributed by atoms with Gasteiger partial charge in [0.15, 0.2) is 11.5 Å². The molecule has 0 saturated carbocycles. The van der Waals surface area contributed by atoms with Gasteiger partial charge in [0.2, 0.25) is 5.43 Å². The van der Waals surface area contributed by atoms with Crippen LogP contribution in [0.15, 0.2) is 100 Å². The Morgan fingerprint density at radius 1 is 0.925 bits per heavy atom. The molecule has 2 heterocycles. The summed E-state index contributed by atoms with van der Waals surface area (Å²) in [7, 11) is 1.57. The molecule has 1 aliphatic rings. The summed E-state index contributed by atoms with van der Waals surface area (Å²) >= 11 is 0. The summed E-state index contributed by atoms with van der Waals surface area (Å²) in [6.45, 7) is 0.405. The molecule has 0 radical (unpaired) electrons. The number of esters is 1. The van der Waals surface area contributed by atoms with E-state index in [1.54, 1.807) is 31.4 Å². The van der Waals surface area contributed by atoms with Crippen LogP contribution in [-0.4, -0.2) is 24.8 Å². The van der Waals surface area contributed by atoms with Crippen molar-refractivity contribution in [2.45, 2.75) is 18.8 Å². The molecule has 0 bridgehead atoms. The first-order valence-electron chi connectivity index (χ1n) is 13.0. The van der Waals surface area contributed by atoms with Crippen LogP contribution in [0.5, 0.6) is 23.0 Å². The highest BCUT2D eigenvalue weighted by atomic mass is 16.5. The summed E-state index contributed by atoms with van der Waals surface area (Å²) in [6, 6.07) is 25.2. The van der Waals surface area contributed by atoms with Gasteiger partial charge in [-0.2, -0.15) is 0 Å². The summed E-state index contributed by atoms with van der Waals surface area (Å²) in [6.07, 6.45) is 2.14. The minimum Gasteiger partial charge on any atom is -0.508 e. The van der Waals surface area contributed by atoms with E-state index in [9.17, 15) is 14.7 Å². The summed E-state index contributed by atoms with van der Waals surface area (Å²) in [4.78, 5) is 26.3. The summed E-state index contributed by atoms with van der Waals surface area (Å²) < 4.78 is 23.6. The SMILES string of the molecule is COc1cccc([C@@H]2CC(=O)Oc3ccc4c(=O)c(-c5ccc(O)cc5)coc4c32)c1OCCc1ccccc1. The molecular weight excluding hydrogens is 508 g/mol. The Hall–Kier alpha value is -5.04. The zero-order chi connectivity index (χ0) is 27.6. The number of phenolic OH excluding ortho intramolecular Hbond substituents is 1. The summed E-state index contributed by atoms with van der Waals surface area (Å²) in [5.41, 5.74) is 3.59. The molecule has 200 valence electrons. The van der Waals surface area contributed by atoms with E-state index in [-0.39, 0.29) is 17.6 Å². The lowest BCUT2D eigenvalue weighted by molar-refractivity contribution is -0.135. The van der Waals surface area contributed by atoms with Crippen LogP contribution in [0.1, 0.15) is 29.0 Å². The van der Waals surface area contributed by atoms with Crippen molar-refractivity contribution in [2.75, 3.05) is 13.7 Å². The molecule has 0 unspecified atom stereocenters. The quantitative estimate of drug-likeness (QED) is 0.195. The molecule has 1 aromatic heterocycles. The van der Waals surface area contributed by atoms with E-state index in [1.165, 1.54) is 18.4 Å². The minimum atomic E-state index is -0.496. The molecule has 40 heavy (non-hydrogen) atoms. The highest BCUT2D eigenvalue weighted by molar-refractivity contribution is 5.90. The monoisotopic (exact) mass is 534 g/mol. The van der Waals surface area contributed by atoms with E-state index >= 15 is 0 Å². The zero-order valence-corrected chi connectivity index (χ0v) is 21.8. The van der Waals surface area contributed by atoms with Crippen LogP contribution in [0.25, 0.3) is 22.1 Å². The highest BCUT2D eigenvalue weighted by Crippen LogP contribution is 2.47. The van der Waals surface area contributed by atoms with Gasteiger partial charge in [0.05, 0.1) is 31.1 Å². The summed E-state index contributed by atoms with van der Waals surface area (Å²) in [5, 5.41) is 10.0. The van der Waals surface area contributed by atoms with E-state index in [0.29, 0.717) is 57.9 Å². The van der Waals surface area contributed by atoms with Crippen LogP contribution >= 0.6 is 0 Å². The lowest BCUT2D eigenvalue weighted by atomic mass is 9.84. The van der Waals surface area contributed by atoms with Gasteiger partial charge in [-0.15, -0.1) is 0 Å². The molecule has 5 aromatic rings. The van der Waals surface area contributed by atoms with Crippen LogP contribution < -0.4 is 19.6 Å². The zero-order valence-electron chi connectivity index (χ0n) is 21.8. The molecule has 7 heteroatoms. The number of para-hydroxylation sites is 1. The van der Waals surface area contributed by atoms with E-state index in [1.807, 2.05) is 48.5 Å². The number of carbonyl (C=O) groups is 1. The van der Waals surface area contributed by atoms with E-state index in [2.05, 4.69) is 0 Å². The van der Waals surface area contributed by atoms with Crippen molar-refractivity contribution < 1.29 is 28.5 Å². The van der Waals surface area contributed by atoms with Crippen molar-refractivity contribution in [3.05, 3.63) is 118 Å². The number of hydrogen-bond donors (Lipinski definition) is 1. The Morgan fingerprint density at radius 2 is 1.73 bits per heavy atom. The summed E-state index contributed by atoms with van der Waals surface area (Å²) in [5.74, 6) is 0.636. The van der Waals surface area contributed by atoms with Crippen LogP contribution in [-0.2, 0) is 11.2 Å². The van der Waals surface area contributed by atoms with Crippen molar-refractivity contribution in [3.8, 4) is 34.1 Å². The van der Waals surface area contributed by atoms with Gasteiger partial charge in [-0.25, -0.2) is 0 Å². The maximum absolute atomic E-state index is 13.6. The Morgan fingerprint density at radius 3 is 2.50 bits per heavy atom. The number of aromatic hydroxyl groups is 1. The Bertz CT molecular complexity index is 1750. The Labute approximate surface area is 230 Å². The van der Waals surface area contributed by atoms with Crippen molar-refractivity contribution >= 4 is 16.9 Å². The maximum Gasteiger partial charge on any atom is 0.312 e. The van der Waals surface area contributed by atoms with Crippen LogP contribution in [0.4, 0.5) is 0 Å². The van der Waals surface area contributed by atoms with Gasteiger partial charge in [-0.05, 0) is 41.5 Å². The number of ether oxygens (including phenoxy) is 3. The number of benzene rings is 4. The van der Waals surface area contributed by atoms with Gasteiger partial charge < -0.3 is 23.7 Å². The molecule has 1 aliphatic heterocycles. The highest BCUT2D eigenvalue weighted by Gasteiger charge is 2.34. The molecule has 0 amide bonds. The number of rotatable bonds is 7. The smallest absolute Gasteiger partial charge is 0.312 e. The minimum absolute atomic E-state index is 0.0394. The third-order valence-electron chi connectivity index (χ3n) is 7.15. The first kappa shape index (κ1) is 25.2. The predicted octanol–water partition coefficient (Wildman–Crippen LogP) is 6.24. The Balaban J connectivity index is 1.45. The van der Waals surface area contributed by atoms with E-state index in [0.717, 1.165) is 11.1 Å². The number of hydrogen-bond acceptors (Lipinski definition) is 7. The molecule has 7 nitrogen and oxygen atoms in total. The number of phenols is 1. The van der Waals surface area contributed by atoms with Gasteiger partial charge in [-0.3, -0.25) is 9.59 Å². The fraction of sp³-hybridized carbons (Fsp3) is 0.152. The standard InChI is InChI=1S/C33H26O7/c1-37-28-9-5-8-23(32(28)38-17-16-20-6-3-2-4-7-20)25-18-29(35)40-27-15-14-24-31(36)26(19-39-33(24)30(25)27)21-10-12-22(34)13-11-21/h2-15,19,25,34H,16-18H2,1H3/t25-/m0/s1. The van der Waals surface area contributed by atoms with Crippen molar-refractivity contribution in [3.63, 3.8) is 0 Å². The molecule has 0 aliphatic carbocycles. The first-order chi connectivity index (χ1) is 19.5. The number of methoxy groups -OCH3 is 1. The molecule has 0 fully saturated rings. The molecule has 6 rings (SSSR count). The van der Waals surface area contributed by atoms with Crippen LogP contribution in [0.3, 0.4) is 0 Å². The van der Waals surface area contributed by atoms with Gasteiger partial charge in [-0.1, -0.05) is 54.6 Å². The van der Waals surface area contributed by atoms with Gasteiger partial charge in [0.1, 0.15) is 23.3 Å². The fourth-order valence-corrected chi connectivity index (χ4v) is 5.20. The van der Waals surface area contributed by atoms with E-state index < -0.39 is 11.9 Å². The second-order valence-corrected chi connectivity index (χ2v) is 9.57. The third kappa shape index (κ3) is 4.66. The molecule has 4 aromatic carbocycles. The third-order valence-corrected chi connectivity index (χ3v) is 7.15. The molecule has 1 atom stereocenters. The normalized spacial score (nSPS) is 14.4. The van der Waals surface area contributed by atoms with Gasteiger partial charge in [0.25, 0.3) is 0 Å². The second kappa shape index (κ2) is 10.6. The lowest BCUT2D eigenvalue weighted by Crippen LogP contribution is -2.22. The average Bonchev–Trinajstić information content (AvgIpc) is 2.98. The van der Waals surface area contributed by atoms with Crippen molar-refractivity contribution in [2.24, 2.45) is 0 Å². The molecule has 0 spiro atoms. The maximum atomic E-state index is 13.6.